The Labute approximate surface area is 57.8 Å². The number of hydrazine groups is 1. The van der Waals surface area contributed by atoms with Crippen molar-refractivity contribution in [3.05, 3.63) is 0 Å². The minimum atomic E-state index is -0.558. The molecule has 0 aliphatic carbocycles. The van der Waals surface area contributed by atoms with E-state index in [2.05, 4.69) is 0 Å². The van der Waals surface area contributed by atoms with Crippen molar-refractivity contribution in [2.45, 2.75) is 6.42 Å². The van der Waals surface area contributed by atoms with E-state index in [1.807, 2.05) is 0 Å². The molecule has 1 amide bonds. The summed E-state index contributed by atoms with van der Waals surface area (Å²) in [6.07, 6.45) is 0.579. The van der Waals surface area contributed by atoms with Crippen LogP contribution >= 0.6 is 0 Å². The van der Waals surface area contributed by atoms with Crippen LogP contribution in [0.15, 0.2) is 0 Å². The molecule has 0 spiro atoms. The maximum absolute atomic E-state index is 10.3. The van der Waals surface area contributed by atoms with Crippen molar-refractivity contribution < 1.29 is 14.4 Å². The number of Topliss-reactive ketones (excluding diaryl/α,β-unsaturated/α-hetero) is 1. The lowest BCUT2D eigenvalue weighted by Crippen LogP contribution is -2.31. The van der Waals surface area contributed by atoms with Gasteiger partial charge in [-0.3, -0.25) is 19.4 Å². The second-order valence-electron chi connectivity index (χ2n) is 1.68. The van der Waals surface area contributed by atoms with Crippen LogP contribution in [0.4, 0.5) is 0 Å². The van der Waals surface area contributed by atoms with E-state index < -0.39 is 5.78 Å². The maximum Gasteiger partial charge on any atom is 0.223 e. The van der Waals surface area contributed by atoms with Crippen LogP contribution in [0.25, 0.3) is 0 Å². The summed E-state index contributed by atoms with van der Waals surface area (Å²) in [5, 5.41) is 0.807. The number of nitrogens with zero attached hydrogens (tertiary/aromatic N) is 1. The fourth-order valence-electron chi connectivity index (χ4n) is 0.351. The van der Waals surface area contributed by atoms with Crippen LogP contribution in [0, 0.1) is 0 Å². The van der Waals surface area contributed by atoms with E-state index in [1.54, 1.807) is 0 Å². The van der Waals surface area contributed by atoms with Gasteiger partial charge >= 0.3 is 0 Å². The molecule has 0 bridgehead atoms. The summed E-state index contributed by atoms with van der Waals surface area (Å²) in [6, 6.07) is 0. The number of amides is 1. The van der Waals surface area contributed by atoms with Gasteiger partial charge in [-0.2, -0.15) is 0 Å². The molecule has 5 nitrogen and oxygen atoms in total. The van der Waals surface area contributed by atoms with Crippen molar-refractivity contribution in [3.8, 4) is 0 Å². The van der Waals surface area contributed by atoms with Gasteiger partial charge in [-0.25, -0.2) is 5.84 Å². The summed E-state index contributed by atoms with van der Waals surface area (Å²) < 4.78 is 0. The predicted octanol–water partition coefficient (Wildman–Crippen LogP) is -1.52. The fraction of sp³-hybridized carbons (Fsp3) is 0.400. The third kappa shape index (κ3) is 3.73. The Hall–Kier alpha value is -1.23. The van der Waals surface area contributed by atoms with E-state index in [9.17, 15) is 14.4 Å². The molecule has 56 valence electrons. The monoisotopic (exact) mass is 144 g/mol. The highest BCUT2D eigenvalue weighted by Crippen LogP contribution is 1.80. The minimum Gasteiger partial charge on any atom is -0.295 e. The largest absolute Gasteiger partial charge is 0.295 e. The summed E-state index contributed by atoms with van der Waals surface area (Å²) >= 11 is 0. The fourth-order valence-corrected chi connectivity index (χ4v) is 0.351. The highest BCUT2D eigenvalue weighted by atomic mass is 16.2. The van der Waals surface area contributed by atoms with Crippen LogP contribution in [0.3, 0.4) is 0 Å². The molecule has 0 aliphatic rings. The molecule has 2 N–H and O–H groups in total. The Bertz CT molecular complexity index is 146. The van der Waals surface area contributed by atoms with Crippen molar-refractivity contribution in [1.82, 2.24) is 5.01 Å². The van der Waals surface area contributed by atoms with Crippen molar-refractivity contribution in [2.75, 3.05) is 6.54 Å². The van der Waals surface area contributed by atoms with Gasteiger partial charge in [0.2, 0.25) is 6.41 Å². The second kappa shape index (κ2) is 4.63. The lowest BCUT2D eigenvalue weighted by Gasteiger charge is -2.06. The first-order valence-electron chi connectivity index (χ1n) is 2.65. The van der Waals surface area contributed by atoms with E-state index in [1.165, 1.54) is 0 Å². The van der Waals surface area contributed by atoms with E-state index >= 15 is 0 Å². The van der Waals surface area contributed by atoms with Gasteiger partial charge in [0.25, 0.3) is 0 Å². The number of aldehydes is 1. The molecule has 0 rings (SSSR count). The summed E-state index contributed by atoms with van der Waals surface area (Å²) in [5.74, 6) is 4.42. The summed E-state index contributed by atoms with van der Waals surface area (Å²) in [6.45, 7) is 0.0844. The van der Waals surface area contributed by atoms with E-state index in [0.29, 0.717) is 6.41 Å². The Morgan fingerprint density at radius 2 is 2.10 bits per heavy atom. The number of rotatable bonds is 5. The molecule has 0 saturated carbocycles. The molecule has 0 atom stereocenters. The molecule has 0 aliphatic heterocycles. The standard InChI is InChI=1S/C5H8N2O3/c6-7(4-9)2-1-5(10)3-8/h3-4H,1-2,6H2. The minimum absolute atomic E-state index is 0.0151. The molecule has 0 aromatic rings. The lowest BCUT2D eigenvalue weighted by molar-refractivity contribution is -0.130. The molecular formula is C5H8N2O3. The van der Waals surface area contributed by atoms with Gasteiger partial charge in [0, 0.05) is 13.0 Å². The second-order valence-corrected chi connectivity index (χ2v) is 1.68. The summed E-state index contributed by atoms with van der Waals surface area (Å²) in [7, 11) is 0. The Kier molecular flexibility index (Phi) is 4.06. The third-order valence-electron chi connectivity index (χ3n) is 0.883. The molecule has 0 fully saturated rings. The van der Waals surface area contributed by atoms with Crippen LogP contribution in [-0.4, -0.2) is 30.0 Å². The molecule has 0 unspecified atom stereocenters. The van der Waals surface area contributed by atoms with Gasteiger partial charge < -0.3 is 0 Å². The van der Waals surface area contributed by atoms with Crippen molar-refractivity contribution >= 4 is 18.5 Å². The molecule has 10 heavy (non-hydrogen) atoms. The SMILES string of the molecule is NN(C=O)CCC(=O)C=O. The van der Waals surface area contributed by atoms with Crippen molar-refractivity contribution in [3.63, 3.8) is 0 Å². The number of hydrogen-bond acceptors (Lipinski definition) is 4. The van der Waals surface area contributed by atoms with Crippen LogP contribution in [0.2, 0.25) is 0 Å². The van der Waals surface area contributed by atoms with Gasteiger partial charge in [0.15, 0.2) is 12.1 Å². The van der Waals surface area contributed by atoms with Crippen LogP contribution in [0.5, 0.6) is 0 Å². The van der Waals surface area contributed by atoms with Crippen LogP contribution < -0.4 is 5.84 Å². The first kappa shape index (κ1) is 8.77. The molecule has 5 heteroatoms. The number of hydrogen-bond donors (Lipinski definition) is 1. The molecule has 0 radical (unpaired) electrons. The highest BCUT2D eigenvalue weighted by molar-refractivity contribution is 6.24. The molecule has 0 heterocycles. The van der Waals surface area contributed by atoms with Gasteiger partial charge in [0.1, 0.15) is 0 Å². The molecule has 0 aromatic carbocycles. The van der Waals surface area contributed by atoms with Crippen molar-refractivity contribution in [2.24, 2.45) is 5.84 Å². The van der Waals surface area contributed by atoms with E-state index in [-0.39, 0.29) is 19.3 Å². The Morgan fingerprint density at radius 3 is 2.50 bits per heavy atom. The Balaban J connectivity index is 3.43. The zero-order valence-corrected chi connectivity index (χ0v) is 5.32. The normalized spacial score (nSPS) is 8.50. The maximum atomic E-state index is 10.3. The van der Waals surface area contributed by atoms with Crippen molar-refractivity contribution in [1.29, 1.82) is 0 Å². The summed E-state index contributed by atoms with van der Waals surface area (Å²) in [4.78, 5) is 29.8. The van der Waals surface area contributed by atoms with Crippen LogP contribution in [0.1, 0.15) is 6.42 Å². The third-order valence-corrected chi connectivity index (χ3v) is 0.883. The highest BCUT2D eigenvalue weighted by Gasteiger charge is 2.00. The first-order valence-corrected chi connectivity index (χ1v) is 2.65. The number of nitrogens with two attached hydrogens (primary N) is 1. The van der Waals surface area contributed by atoms with E-state index in [4.69, 9.17) is 5.84 Å². The quantitative estimate of drug-likeness (QED) is 0.167. The summed E-state index contributed by atoms with van der Waals surface area (Å²) in [5.41, 5.74) is 0. The predicted molar refractivity (Wildman–Crippen MR) is 32.6 cm³/mol. The number of carbonyl (C=O) groups is 3. The first-order chi connectivity index (χ1) is 4.70. The van der Waals surface area contributed by atoms with Gasteiger partial charge in [0.05, 0.1) is 0 Å². The van der Waals surface area contributed by atoms with Gasteiger partial charge in [-0.1, -0.05) is 0 Å². The van der Waals surface area contributed by atoms with E-state index in [0.717, 1.165) is 5.01 Å². The Morgan fingerprint density at radius 1 is 1.50 bits per heavy atom. The zero-order valence-electron chi connectivity index (χ0n) is 5.32. The molecular weight excluding hydrogens is 136 g/mol. The zero-order chi connectivity index (χ0) is 7.98. The topological polar surface area (TPSA) is 80.5 Å². The molecule has 0 aromatic heterocycles. The average Bonchev–Trinajstić information content (AvgIpc) is 1.99. The van der Waals surface area contributed by atoms with Crippen LogP contribution in [-0.2, 0) is 14.4 Å². The van der Waals surface area contributed by atoms with Gasteiger partial charge in [-0.15, -0.1) is 0 Å². The smallest absolute Gasteiger partial charge is 0.223 e. The lowest BCUT2D eigenvalue weighted by atomic mass is 10.3. The number of carbonyl (C=O) groups excluding carboxylic acids is 3. The number of ketones is 1. The van der Waals surface area contributed by atoms with Gasteiger partial charge in [-0.05, 0) is 0 Å². The average molecular weight is 144 g/mol. The molecule has 0 saturated heterocycles.